The summed E-state index contributed by atoms with van der Waals surface area (Å²) in [5.41, 5.74) is -0.228. The SMILES string of the molecule is CNC(=O)c1cc(Cl)ccc1NC(=O)CC1(O)CCCCC1. The highest BCUT2D eigenvalue weighted by atomic mass is 35.5. The third kappa shape index (κ3) is 4.21. The molecule has 3 N–H and O–H groups in total. The number of nitrogens with one attached hydrogen (secondary N) is 2. The Balaban J connectivity index is 2.09. The molecule has 1 aliphatic rings. The Bertz CT molecular complexity index is 569. The summed E-state index contributed by atoms with van der Waals surface area (Å²) < 4.78 is 0. The van der Waals surface area contributed by atoms with Gasteiger partial charge in [-0.15, -0.1) is 0 Å². The Labute approximate surface area is 135 Å². The van der Waals surface area contributed by atoms with Crippen molar-refractivity contribution in [2.24, 2.45) is 0 Å². The molecule has 0 aliphatic heterocycles. The molecule has 0 bridgehead atoms. The highest BCUT2D eigenvalue weighted by Gasteiger charge is 2.31. The van der Waals surface area contributed by atoms with Crippen molar-refractivity contribution in [1.29, 1.82) is 0 Å². The van der Waals surface area contributed by atoms with Crippen molar-refractivity contribution in [3.05, 3.63) is 28.8 Å². The van der Waals surface area contributed by atoms with Crippen LogP contribution in [0.1, 0.15) is 48.9 Å². The minimum absolute atomic E-state index is 0.0445. The van der Waals surface area contributed by atoms with E-state index in [2.05, 4.69) is 10.6 Å². The van der Waals surface area contributed by atoms with Crippen LogP contribution in [0.15, 0.2) is 18.2 Å². The number of benzene rings is 1. The van der Waals surface area contributed by atoms with Crippen molar-refractivity contribution in [3.63, 3.8) is 0 Å². The van der Waals surface area contributed by atoms with E-state index in [0.29, 0.717) is 29.1 Å². The van der Waals surface area contributed by atoms with E-state index < -0.39 is 5.60 Å². The Morgan fingerprint density at radius 2 is 1.95 bits per heavy atom. The number of hydrogen-bond donors (Lipinski definition) is 3. The lowest BCUT2D eigenvalue weighted by molar-refractivity contribution is -0.122. The fraction of sp³-hybridized carbons (Fsp3) is 0.500. The van der Waals surface area contributed by atoms with Gasteiger partial charge in [-0.1, -0.05) is 30.9 Å². The molecule has 5 nitrogen and oxygen atoms in total. The summed E-state index contributed by atoms with van der Waals surface area (Å²) in [6.45, 7) is 0. The summed E-state index contributed by atoms with van der Waals surface area (Å²) >= 11 is 5.90. The quantitative estimate of drug-likeness (QED) is 0.796. The molecule has 0 spiro atoms. The largest absolute Gasteiger partial charge is 0.389 e. The smallest absolute Gasteiger partial charge is 0.253 e. The van der Waals surface area contributed by atoms with Crippen LogP contribution in [0, 0.1) is 0 Å². The molecule has 120 valence electrons. The average Bonchev–Trinajstić information content (AvgIpc) is 2.48. The van der Waals surface area contributed by atoms with E-state index in [1.54, 1.807) is 12.1 Å². The first-order valence-corrected chi connectivity index (χ1v) is 7.85. The molecule has 1 fully saturated rings. The summed E-state index contributed by atoms with van der Waals surface area (Å²) in [4.78, 5) is 24.0. The van der Waals surface area contributed by atoms with Crippen LogP contribution in [-0.2, 0) is 4.79 Å². The molecule has 1 saturated carbocycles. The molecule has 0 heterocycles. The first-order chi connectivity index (χ1) is 10.4. The number of aliphatic hydroxyl groups is 1. The number of anilines is 1. The first-order valence-electron chi connectivity index (χ1n) is 7.47. The van der Waals surface area contributed by atoms with Crippen molar-refractivity contribution >= 4 is 29.1 Å². The minimum Gasteiger partial charge on any atom is -0.389 e. The van der Waals surface area contributed by atoms with E-state index in [1.807, 2.05) is 0 Å². The minimum atomic E-state index is -0.929. The number of carbonyl (C=O) groups excluding carboxylic acids is 2. The lowest BCUT2D eigenvalue weighted by Gasteiger charge is -2.31. The molecule has 1 aliphatic carbocycles. The summed E-state index contributed by atoms with van der Waals surface area (Å²) in [6.07, 6.45) is 4.31. The van der Waals surface area contributed by atoms with Gasteiger partial charge in [0.25, 0.3) is 5.91 Å². The van der Waals surface area contributed by atoms with E-state index in [9.17, 15) is 14.7 Å². The van der Waals surface area contributed by atoms with Gasteiger partial charge < -0.3 is 15.7 Å². The highest BCUT2D eigenvalue weighted by molar-refractivity contribution is 6.31. The fourth-order valence-corrected chi connectivity index (χ4v) is 3.00. The monoisotopic (exact) mass is 324 g/mol. The van der Waals surface area contributed by atoms with E-state index >= 15 is 0 Å². The molecule has 1 aromatic rings. The van der Waals surface area contributed by atoms with Gasteiger partial charge in [0.2, 0.25) is 5.91 Å². The van der Waals surface area contributed by atoms with Gasteiger partial charge >= 0.3 is 0 Å². The van der Waals surface area contributed by atoms with Gasteiger partial charge in [0.05, 0.1) is 23.3 Å². The maximum atomic E-state index is 12.2. The van der Waals surface area contributed by atoms with Gasteiger partial charge in [-0.3, -0.25) is 9.59 Å². The van der Waals surface area contributed by atoms with Crippen LogP contribution in [-0.4, -0.2) is 29.6 Å². The molecule has 2 amide bonds. The molecule has 0 unspecified atom stereocenters. The average molecular weight is 325 g/mol. The van der Waals surface area contributed by atoms with Gasteiger partial charge in [0.1, 0.15) is 0 Å². The Morgan fingerprint density at radius 1 is 1.27 bits per heavy atom. The van der Waals surface area contributed by atoms with Crippen molar-refractivity contribution in [3.8, 4) is 0 Å². The Hall–Kier alpha value is -1.59. The summed E-state index contributed by atoms with van der Waals surface area (Å²) in [6, 6.07) is 4.71. The molecule has 1 aromatic carbocycles. The van der Waals surface area contributed by atoms with Crippen LogP contribution < -0.4 is 10.6 Å². The fourth-order valence-electron chi connectivity index (χ4n) is 2.83. The number of rotatable bonds is 4. The standard InChI is InChI=1S/C16H21ClN2O3/c1-18-15(21)12-9-11(17)5-6-13(12)19-14(20)10-16(22)7-3-2-4-8-16/h5-6,9,22H,2-4,7-8,10H2,1H3,(H,18,21)(H,19,20). The van der Waals surface area contributed by atoms with Gasteiger partial charge in [-0.2, -0.15) is 0 Å². The number of hydrogen-bond acceptors (Lipinski definition) is 3. The molecule has 0 atom stereocenters. The predicted octanol–water partition coefficient (Wildman–Crippen LogP) is 2.72. The number of amides is 2. The van der Waals surface area contributed by atoms with Crippen LogP contribution in [0.4, 0.5) is 5.69 Å². The second-order valence-electron chi connectivity index (χ2n) is 5.78. The van der Waals surface area contributed by atoms with E-state index in [1.165, 1.54) is 13.1 Å². The lowest BCUT2D eigenvalue weighted by atomic mass is 9.82. The number of carbonyl (C=O) groups is 2. The van der Waals surface area contributed by atoms with Crippen LogP contribution in [0.3, 0.4) is 0 Å². The zero-order valence-corrected chi connectivity index (χ0v) is 13.4. The topological polar surface area (TPSA) is 78.4 Å². The molecule has 0 saturated heterocycles. The van der Waals surface area contributed by atoms with Crippen LogP contribution in [0.2, 0.25) is 5.02 Å². The molecule has 0 aromatic heterocycles. The number of halogens is 1. The molecule has 0 radical (unpaired) electrons. The molecule has 6 heteroatoms. The third-order valence-electron chi connectivity index (χ3n) is 4.00. The van der Waals surface area contributed by atoms with E-state index in [4.69, 9.17) is 11.6 Å². The second kappa shape index (κ2) is 7.11. The van der Waals surface area contributed by atoms with Crippen molar-refractivity contribution in [1.82, 2.24) is 5.32 Å². The molecule has 2 rings (SSSR count). The first kappa shape index (κ1) is 16.8. The lowest BCUT2D eigenvalue weighted by Crippen LogP contribution is -2.36. The van der Waals surface area contributed by atoms with Crippen molar-refractivity contribution in [2.45, 2.75) is 44.1 Å². The van der Waals surface area contributed by atoms with Gasteiger partial charge in [0, 0.05) is 12.1 Å². The van der Waals surface area contributed by atoms with Crippen LogP contribution in [0.5, 0.6) is 0 Å². The van der Waals surface area contributed by atoms with Crippen molar-refractivity contribution in [2.75, 3.05) is 12.4 Å². The Morgan fingerprint density at radius 3 is 2.59 bits per heavy atom. The molecular formula is C16H21ClN2O3. The summed E-state index contributed by atoms with van der Waals surface area (Å²) in [5.74, 6) is -0.619. The zero-order chi connectivity index (χ0) is 16.2. The highest BCUT2D eigenvalue weighted by Crippen LogP contribution is 2.31. The van der Waals surface area contributed by atoms with Gasteiger partial charge in [0.15, 0.2) is 0 Å². The van der Waals surface area contributed by atoms with Crippen LogP contribution in [0.25, 0.3) is 0 Å². The van der Waals surface area contributed by atoms with E-state index in [0.717, 1.165) is 19.3 Å². The molecular weight excluding hydrogens is 304 g/mol. The van der Waals surface area contributed by atoms with Crippen LogP contribution >= 0.6 is 11.6 Å². The summed E-state index contributed by atoms with van der Waals surface area (Å²) in [5, 5.41) is 16.1. The normalized spacial score (nSPS) is 16.9. The third-order valence-corrected chi connectivity index (χ3v) is 4.24. The zero-order valence-electron chi connectivity index (χ0n) is 12.6. The Kier molecular flexibility index (Phi) is 5.42. The van der Waals surface area contributed by atoms with Gasteiger partial charge in [-0.25, -0.2) is 0 Å². The van der Waals surface area contributed by atoms with Gasteiger partial charge in [-0.05, 0) is 31.0 Å². The molecule has 22 heavy (non-hydrogen) atoms. The van der Waals surface area contributed by atoms with Crippen molar-refractivity contribution < 1.29 is 14.7 Å². The second-order valence-corrected chi connectivity index (χ2v) is 6.22. The predicted molar refractivity (Wildman–Crippen MR) is 86.1 cm³/mol. The maximum absolute atomic E-state index is 12.2. The van der Waals surface area contributed by atoms with E-state index in [-0.39, 0.29) is 18.2 Å². The maximum Gasteiger partial charge on any atom is 0.253 e. The summed E-state index contributed by atoms with van der Waals surface area (Å²) in [7, 11) is 1.51.